The van der Waals surface area contributed by atoms with Crippen molar-refractivity contribution in [2.45, 2.75) is 54.4 Å². The summed E-state index contributed by atoms with van der Waals surface area (Å²) in [6.07, 6.45) is 18.1. The number of furan rings is 2. The van der Waals surface area contributed by atoms with E-state index in [1.165, 1.54) is 44.5 Å². The smallest absolute Gasteiger partial charge is 0.147 e. The maximum Gasteiger partial charge on any atom is -0.147 e. The van der Waals surface area contributed by atoms with Crippen molar-refractivity contribution in [2.75, 3.05) is 0 Å². The summed E-state index contributed by atoms with van der Waals surface area (Å²) >= 11 is -4.06. The van der Waals surface area contributed by atoms with Gasteiger partial charge < -0.3 is 0 Å². The molecule has 0 spiro atoms. The molecule has 0 N–H and O–H groups in total. The van der Waals surface area contributed by atoms with Gasteiger partial charge in [0.2, 0.25) is 0 Å². The second-order valence-corrected chi connectivity index (χ2v) is 44.9. The Kier molecular flexibility index (Phi) is 8.25. The quantitative estimate of drug-likeness (QED) is 0.184. The van der Waals surface area contributed by atoms with E-state index in [-0.39, 0.29) is 43.3 Å². The number of hydrogen-bond donors (Lipinski definition) is 0. The average molecular weight is 751 g/mol. The van der Waals surface area contributed by atoms with Crippen molar-refractivity contribution in [2.24, 2.45) is 0 Å². The van der Waals surface area contributed by atoms with Crippen LogP contribution < -0.4 is 0 Å². The monoisotopic (exact) mass is 748 g/mol. The molecule has 4 unspecified atom stereocenters. The zero-order valence-corrected chi connectivity index (χ0v) is 32.1. The molecule has 2 aromatic heterocycles. The largest absolute Gasteiger partial charge is 0.147 e. The van der Waals surface area contributed by atoms with Gasteiger partial charge >= 0.3 is 263 Å². The van der Waals surface area contributed by atoms with Crippen molar-refractivity contribution in [3.05, 3.63) is 143 Å². The summed E-state index contributed by atoms with van der Waals surface area (Å²) in [5, 5.41) is 0. The first-order valence-electron chi connectivity index (χ1n) is 15.6. The zero-order valence-electron chi connectivity index (χ0n) is 26.6. The first-order chi connectivity index (χ1) is 21.1. The first-order valence-corrected chi connectivity index (χ1v) is 29.3. The molecule has 0 radical (unpaired) electrons. The van der Waals surface area contributed by atoms with E-state index in [2.05, 4.69) is 103 Å². The topological polar surface area (TPSA) is 44.7 Å². The Labute approximate surface area is 285 Å². The van der Waals surface area contributed by atoms with Crippen molar-refractivity contribution < 1.29 is 35.7 Å². The van der Waals surface area contributed by atoms with Gasteiger partial charge in [-0.1, -0.05) is 0 Å². The summed E-state index contributed by atoms with van der Waals surface area (Å²) in [4.78, 5) is 0. The number of rotatable bonds is 6. The third-order valence-electron chi connectivity index (χ3n) is 10.6. The fourth-order valence-electron chi connectivity index (χ4n) is 8.63. The number of allylic oxidation sites excluding steroid dienone is 2. The van der Waals surface area contributed by atoms with Crippen LogP contribution in [0.2, 0.25) is 9.26 Å². The Bertz CT molecular complexity index is 1840. The van der Waals surface area contributed by atoms with Crippen LogP contribution >= 0.6 is 24.8 Å². The third-order valence-corrected chi connectivity index (χ3v) is 27.8. The molecule has 4 heterocycles. The van der Waals surface area contributed by atoms with Crippen molar-refractivity contribution in [1.82, 2.24) is 0 Å². The molecule has 238 valence electrons. The fraction of sp³-hybridized carbons (Fsp3) is 0.263. The van der Waals surface area contributed by atoms with Gasteiger partial charge in [0.15, 0.2) is 0 Å². The summed E-state index contributed by atoms with van der Waals surface area (Å²) in [5.74, 6) is 1.91. The maximum atomic E-state index is 6.25. The van der Waals surface area contributed by atoms with Gasteiger partial charge in [-0.3, -0.25) is 0 Å². The molecule has 8 heteroatoms. The van der Waals surface area contributed by atoms with E-state index in [9.17, 15) is 0 Å². The Morgan fingerprint density at radius 3 is 1.43 bits per heavy atom. The normalized spacial score (nSPS) is 25.9. The average Bonchev–Trinajstić information content (AvgIpc) is 3.83. The summed E-state index contributed by atoms with van der Waals surface area (Å²) in [7, 11) is 0. The van der Waals surface area contributed by atoms with Gasteiger partial charge in [-0.15, -0.1) is 24.8 Å². The number of halogens is 2. The van der Waals surface area contributed by atoms with Gasteiger partial charge in [0.25, 0.3) is 0 Å². The Morgan fingerprint density at radius 1 is 0.652 bits per heavy atom. The number of hydrogen-bond acceptors (Lipinski definition) is 4. The molecule has 4 nitrogen and oxygen atoms in total. The van der Waals surface area contributed by atoms with Gasteiger partial charge in [0.05, 0.1) is 0 Å². The second kappa shape index (κ2) is 11.4. The summed E-state index contributed by atoms with van der Waals surface area (Å²) in [5.41, 5.74) is 9.68. The van der Waals surface area contributed by atoms with Crippen molar-refractivity contribution in [3.63, 3.8) is 0 Å². The van der Waals surface area contributed by atoms with Crippen LogP contribution in [-0.2, 0) is 38.1 Å². The molecular weight excluding hydrogens is 711 g/mol. The third kappa shape index (κ3) is 4.86. The molecular formula is C38H40Cl2O4SiZr. The predicted octanol–water partition coefficient (Wildman–Crippen LogP) is 10.2. The van der Waals surface area contributed by atoms with Gasteiger partial charge in [0.1, 0.15) is 0 Å². The maximum absolute atomic E-state index is 6.25. The van der Waals surface area contributed by atoms with E-state index >= 15 is 0 Å². The second-order valence-electron chi connectivity index (χ2n) is 14.4. The predicted molar refractivity (Wildman–Crippen MR) is 191 cm³/mol. The van der Waals surface area contributed by atoms with Crippen LogP contribution in [-0.4, -0.2) is 6.88 Å². The molecule has 4 atom stereocenters. The molecule has 0 fully saturated rings. The summed E-state index contributed by atoms with van der Waals surface area (Å²) in [6, 6.07) is 22.0. The van der Waals surface area contributed by atoms with E-state index in [4.69, 9.17) is 18.3 Å². The first kappa shape index (κ1) is 33.2. The van der Waals surface area contributed by atoms with Crippen LogP contribution in [0, 0.1) is 0 Å². The van der Waals surface area contributed by atoms with E-state index in [0.29, 0.717) is 0 Å². The van der Waals surface area contributed by atoms with Crippen LogP contribution in [0.25, 0.3) is 23.3 Å². The van der Waals surface area contributed by atoms with Crippen LogP contribution in [0.3, 0.4) is 0 Å². The van der Waals surface area contributed by atoms with E-state index in [1.54, 1.807) is 12.5 Å². The van der Waals surface area contributed by atoms with Crippen LogP contribution in [0.5, 0.6) is 0 Å². The van der Waals surface area contributed by atoms with Crippen LogP contribution in [0.15, 0.2) is 107 Å². The molecule has 2 aliphatic heterocycles. The van der Waals surface area contributed by atoms with Gasteiger partial charge in [0, 0.05) is 0 Å². The number of benzene rings is 2. The fourth-order valence-corrected chi connectivity index (χ4v) is 27.0. The molecule has 0 saturated heterocycles. The minimum absolute atomic E-state index is 0. The Morgan fingerprint density at radius 2 is 1.09 bits per heavy atom. The van der Waals surface area contributed by atoms with E-state index in [0.717, 1.165) is 24.4 Å². The van der Waals surface area contributed by atoms with Crippen LogP contribution in [0.4, 0.5) is 0 Å². The van der Waals surface area contributed by atoms with Gasteiger partial charge in [-0.05, 0) is 0 Å². The van der Waals surface area contributed by atoms with E-state index < -0.39 is 17.4 Å². The summed E-state index contributed by atoms with van der Waals surface area (Å²) < 4.78 is 30.7. The minimum atomic E-state index is -4.06. The zero-order chi connectivity index (χ0) is 30.3. The molecule has 0 amide bonds. The van der Waals surface area contributed by atoms with Gasteiger partial charge in [-0.25, -0.2) is 0 Å². The Hall–Kier alpha value is -2.76. The molecule has 0 bridgehead atoms. The molecule has 4 aromatic rings. The molecule has 4 aliphatic rings. The van der Waals surface area contributed by atoms with Gasteiger partial charge in [-0.2, -0.15) is 0 Å². The molecule has 0 saturated carbocycles. The molecule has 46 heavy (non-hydrogen) atoms. The SMILES string of the molecule is CC1(c2cccc3c2C=C(c2ccco2)[CH]3[Zr]([CH3])([CH3])(=[SiH2])[CH]2C(c3ccco3)=Cc3c2cccc3C2(C)CC=CO2)CC=CO1.Cl.Cl. The Balaban J connectivity index is 0.00000186. The van der Waals surface area contributed by atoms with Crippen LogP contribution in [0.1, 0.15) is 78.8 Å². The number of ether oxygens (including phenoxy) is 2. The van der Waals surface area contributed by atoms with E-state index in [1.807, 2.05) is 24.7 Å². The molecule has 8 rings (SSSR count). The molecule has 2 aliphatic carbocycles. The minimum Gasteiger partial charge on any atom is -0.147 e. The standard InChI is InChI=1S/2C18H15O2.2CH3.2ClH.H2Si.Zr/c2*1-18(8-4-10-20-18)16-6-2-5-13-11-14(12-15(13)16)17-7-3-9-19-17;;;;;;/h2*2-7,9-12H,8H2,1H3;2*1H3;2*1H;1H2;. The van der Waals surface area contributed by atoms with Crippen molar-refractivity contribution in [1.29, 1.82) is 0 Å². The number of fused-ring (bicyclic) bond motifs is 2. The van der Waals surface area contributed by atoms with Crippen molar-refractivity contribution in [3.8, 4) is 0 Å². The van der Waals surface area contributed by atoms with Crippen molar-refractivity contribution >= 4 is 55.0 Å². The summed E-state index contributed by atoms with van der Waals surface area (Å²) in [6.45, 7) is 6.75. The molecule has 2 aromatic carbocycles.